The lowest BCUT2D eigenvalue weighted by Crippen LogP contribution is -1.96. The number of nitrogens with zero attached hydrogens (tertiary/aromatic N) is 2. The normalized spacial score (nSPS) is 13.2. The van der Waals surface area contributed by atoms with Crippen molar-refractivity contribution in [2.24, 2.45) is 0 Å². The molecule has 1 aliphatic rings. The minimum atomic E-state index is 0.285. The topological polar surface area (TPSA) is 61.0 Å². The molecule has 3 rings (SSSR count). The molecule has 0 aliphatic carbocycles. The van der Waals surface area contributed by atoms with E-state index in [0.717, 1.165) is 30.0 Å². The van der Waals surface area contributed by atoms with Crippen molar-refractivity contribution in [2.45, 2.75) is 6.42 Å². The molecular formula is C12H11N3O. The molecule has 16 heavy (non-hydrogen) atoms. The maximum absolute atomic E-state index is 5.62. The number of rotatable bonds is 1. The molecule has 0 saturated heterocycles. The summed E-state index contributed by atoms with van der Waals surface area (Å²) in [4.78, 5) is 8.09. The van der Waals surface area contributed by atoms with Gasteiger partial charge < -0.3 is 10.5 Å². The molecule has 0 radical (unpaired) electrons. The van der Waals surface area contributed by atoms with Crippen molar-refractivity contribution < 1.29 is 4.74 Å². The summed E-state index contributed by atoms with van der Waals surface area (Å²) in [6.45, 7) is 0.743. The molecule has 1 aliphatic heterocycles. The third-order valence-electron chi connectivity index (χ3n) is 2.66. The monoisotopic (exact) mass is 213 g/mol. The van der Waals surface area contributed by atoms with Crippen LogP contribution >= 0.6 is 0 Å². The van der Waals surface area contributed by atoms with E-state index in [1.54, 1.807) is 6.20 Å². The Labute approximate surface area is 93.1 Å². The Kier molecular flexibility index (Phi) is 1.99. The molecule has 0 saturated carbocycles. The van der Waals surface area contributed by atoms with Crippen molar-refractivity contribution in [3.8, 4) is 17.0 Å². The molecule has 2 N–H and O–H groups in total. The van der Waals surface area contributed by atoms with Crippen LogP contribution in [0.1, 0.15) is 5.56 Å². The van der Waals surface area contributed by atoms with Crippen LogP contribution in [-0.4, -0.2) is 16.6 Å². The summed E-state index contributed by atoms with van der Waals surface area (Å²) in [6.07, 6.45) is 2.62. The van der Waals surface area contributed by atoms with Gasteiger partial charge in [-0.3, -0.25) is 0 Å². The third kappa shape index (κ3) is 1.39. The lowest BCUT2D eigenvalue weighted by Gasteiger charge is -2.07. The summed E-state index contributed by atoms with van der Waals surface area (Å²) < 4.78 is 5.62. The van der Waals surface area contributed by atoms with Gasteiger partial charge in [-0.1, -0.05) is 12.1 Å². The molecule has 0 fully saturated rings. The number of benzene rings is 1. The van der Waals surface area contributed by atoms with Gasteiger partial charge in [0.1, 0.15) is 5.75 Å². The number of nitrogen functional groups attached to an aromatic ring is 1. The van der Waals surface area contributed by atoms with Gasteiger partial charge in [-0.05, 0) is 17.7 Å². The van der Waals surface area contributed by atoms with Gasteiger partial charge in [-0.2, -0.15) is 0 Å². The standard InChI is InChI=1S/C12H11N3O/c13-12-14-6-4-10(15-12)9-3-1-2-8-5-7-16-11(8)9/h1-4,6H,5,7H2,(H2,13,14,15). The van der Waals surface area contributed by atoms with Gasteiger partial charge in [0.2, 0.25) is 5.95 Å². The Balaban J connectivity index is 2.17. The van der Waals surface area contributed by atoms with Gasteiger partial charge in [0.25, 0.3) is 0 Å². The van der Waals surface area contributed by atoms with Crippen molar-refractivity contribution in [3.63, 3.8) is 0 Å². The summed E-state index contributed by atoms with van der Waals surface area (Å²) in [5.74, 6) is 1.22. The molecule has 80 valence electrons. The SMILES string of the molecule is Nc1nccc(-c2cccc3c2OCC3)n1. The van der Waals surface area contributed by atoms with Crippen molar-refractivity contribution >= 4 is 5.95 Å². The first-order valence-electron chi connectivity index (χ1n) is 5.18. The van der Waals surface area contributed by atoms with E-state index in [1.165, 1.54) is 5.56 Å². The van der Waals surface area contributed by atoms with Gasteiger partial charge in [0.15, 0.2) is 0 Å². The summed E-state index contributed by atoms with van der Waals surface area (Å²) in [5, 5.41) is 0. The van der Waals surface area contributed by atoms with Crippen LogP contribution in [0.25, 0.3) is 11.3 Å². The number of fused-ring (bicyclic) bond motifs is 1. The predicted molar refractivity (Wildman–Crippen MR) is 61.1 cm³/mol. The molecule has 2 heterocycles. The van der Waals surface area contributed by atoms with E-state index >= 15 is 0 Å². The second-order valence-electron chi connectivity index (χ2n) is 3.69. The summed E-state index contributed by atoms with van der Waals surface area (Å²) in [7, 11) is 0. The highest BCUT2D eigenvalue weighted by atomic mass is 16.5. The van der Waals surface area contributed by atoms with Crippen LogP contribution in [-0.2, 0) is 6.42 Å². The second kappa shape index (κ2) is 3.48. The molecular weight excluding hydrogens is 202 g/mol. The van der Waals surface area contributed by atoms with Crippen molar-refractivity contribution in [1.29, 1.82) is 0 Å². The predicted octanol–water partition coefficient (Wildman–Crippen LogP) is 1.66. The minimum absolute atomic E-state index is 0.285. The van der Waals surface area contributed by atoms with Crippen LogP contribution in [0.5, 0.6) is 5.75 Å². The van der Waals surface area contributed by atoms with Gasteiger partial charge in [0, 0.05) is 18.2 Å². The number of anilines is 1. The zero-order valence-electron chi connectivity index (χ0n) is 8.68. The first kappa shape index (κ1) is 9.15. The average Bonchev–Trinajstić information content (AvgIpc) is 2.76. The zero-order chi connectivity index (χ0) is 11.0. The Morgan fingerprint density at radius 1 is 1.25 bits per heavy atom. The van der Waals surface area contributed by atoms with Crippen LogP contribution in [0.2, 0.25) is 0 Å². The smallest absolute Gasteiger partial charge is 0.220 e. The first-order valence-corrected chi connectivity index (χ1v) is 5.18. The molecule has 4 heteroatoms. The Hall–Kier alpha value is -2.10. The summed E-state index contributed by atoms with van der Waals surface area (Å²) in [5.41, 5.74) is 8.61. The summed E-state index contributed by atoms with van der Waals surface area (Å²) in [6, 6.07) is 7.93. The van der Waals surface area contributed by atoms with E-state index in [2.05, 4.69) is 16.0 Å². The minimum Gasteiger partial charge on any atom is -0.492 e. The molecule has 0 spiro atoms. The fraction of sp³-hybridized carbons (Fsp3) is 0.167. The quantitative estimate of drug-likeness (QED) is 0.782. The number of hydrogen-bond donors (Lipinski definition) is 1. The van der Waals surface area contributed by atoms with Gasteiger partial charge >= 0.3 is 0 Å². The van der Waals surface area contributed by atoms with Crippen LogP contribution in [0.3, 0.4) is 0 Å². The van der Waals surface area contributed by atoms with E-state index in [1.807, 2.05) is 18.2 Å². The van der Waals surface area contributed by atoms with Crippen molar-refractivity contribution in [1.82, 2.24) is 9.97 Å². The van der Waals surface area contributed by atoms with Gasteiger partial charge in [0.05, 0.1) is 12.3 Å². The van der Waals surface area contributed by atoms with Crippen LogP contribution < -0.4 is 10.5 Å². The number of hydrogen-bond acceptors (Lipinski definition) is 4. The van der Waals surface area contributed by atoms with E-state index < -0.39 is 0 Å². The molecule has 0 unspecified atom stereocenters. The fourth-order valence-electron chi connectivity index (χ4n) is 1.94. The zero-order valence-corrected chi connectivity index (χ0v) is 8.68. The Morgan fingerprint density at radius 2 is 2.19 bits per heavy atom. The highest BCUT2D eigenvalue weighted by molar-refractivity contribution is 5.70. The number of nitrogens with two attached hydrogens (primary N) is 1. The molecule has 0 amide bonds. The van der Waals surface area contributed by atoms with Gasteiger partial charge in [-0.15, -0.1) is 0 Å². The van der Waals surface area contributed by atoms with E-state index in [-0.39, 0.29) is 5.95 Å². The summed E-state index contributed by atoms with van der Waals surface area (Å²) >= 11 is 0. The van der Waals surface area contributed by atoms with Crippen molar-refractivity contribution in [3.05, 3.63) is 36.0 Å². The van der Waals surface area contributed by atoms with E-state index in [0.29, 0.717) is 0 Å². The second-order valence-corrected chi connectivity index (χ2v) is 3.69. The lowest BCUT2D eigenvalue weighted by atomic mass is 10.1. The van der Waals surface area contributed by atoms with Crippen LogP contribution in [0.4, 0.5) is 5.95 Å². The van der Waals surface area contributed by atoms with Gasteiger partial charge in [-0.25, -0.2) is 9.97 Å². The van der Waals surface area contributed by atoms with Crippen LogP contribution in [0, 0.1) is 0 Å². The maximum atomic E-state index is 5.62. The number of aromatic nitrogens is 2. The molecule has 1 aromatic carbocycles. The Bertz CT molecular complexity index is 540. The number of ether oxygens (including phenoxy) is 1. The number of para-hydroxylation sites is 1. The molecule has 4 nitrogen and oxygen atoms in total. The molecule has 0 atom stereocenters. The molecule has 1 aromatic heterocycles. The third-order valence-corrected chi connectivity index (χ3v) is 2.66. The van der Waals surface area contributed by atoms with E-state index in [4.69, 9.17) is 10.5 Å². The first-order chi connectivity index (χ1) is 7.84. The van der Waals surface area contributed by atoms with E-state index in [9.17, 15) is 0 Å². The largest absolute Gasteiger partial charge is 0.492 e. The fourth-order valence-corrected chi connectivity index (χ4v) is 1.94. The lowest BCUT2D eigenvalue weighted by molar-refractivity contribution is 0.358. The Morgan fingerprint density at radius 3 is 3.06 bits per heavy atom. The van der Waals surface area contributed by atoms with Crippen LogP contribution in [0.15, 0.2) is 30.5 Å². The molecule has 2 aromatic rings. The highest BCUT2D eigenvalue weighted by Gasteiger charge is 2.17. The van der Waals surface area contributed by atoms with Crippen molar-refractivity contribution in [2.75, 3.05) is 12.3 Å². The average molecular weight is 213 g/mol. The maximum Gasteiger partial charge on any atom is 0.220 e. The highest BCUT2D eigenvalue weighted by Crippen LogP contribution is 2.35. The molecule has 0 bridgehead atoms.